The normalized spacial score (nSPS) is 29.4. The molecule has 17 heavy (non-hydrogen) atoms. The van der Waals surface area contributed by atoms with Crippen LogP contribution in [0.5, 0.6) is 0 Å². The first-order chi connectivity index (χ1) is 8.24. The lowest BCUT2D eigenvalue weighted by Crippen LogP contribution is -2.41. The average Bonchev–Trinajstić information content (AvgIpc) is 2.76. The highest BCUT2D eigenvalue weighted by Crippen LogP contribution is 2.18. The number of hydrogen-bond donors (Lipinski definition) is 2. The second-order valence-corrected chi connectivity index (χ2v) is 5.02. The van der Waals surface area contributed by atoms with Crippen LogP contribution < -0.4 is 5.32 Å². The van der Waals surface area contributed by atoms with Crippen molar-refractivity contribution < 1.29 is 4.74 Å². The smallest absolute Gasteiger partial charge is 0.106 e. The van der Waals surface area contributed by atoms with E-state index in [0.29, 0.717) is 18.2 Å². The maximum Gasteiger partial charge on any atom is 0.106 e. The number of aromatic nitrogens is 2. The lowest BCUT2D eigenvalue weighted by atomic mass is 10.00. The van der Waals surface area contributed by atoms with Crippen molar-refractivity contribution in [3.8, 4) is 0 Å². The van der Waals surface area contributed by atoms with E-state index in [0.717, 1.165) is 38.1 Å². The van der Waals surface area contributed by atoms with E-state index in [2.05, 4.69) is 29.1 Å². The number of aryl methyl sites for hydroxylation is 1. The van der Waals surface area contributed by atoms with E-state index in [9.17, 15) is 0 Å². The summed E-state index contributed by atoms with van der Waals surface area (Å²) in [6.45, 7) is 5.38. The summed E-state index contributed by atoms with van der Waals surface area (Å²) in [6.07, 6.45) is 8.88. The fourth-order valence-electron chi connectivity index (χ4n) is 2.57. The first kappa shape index (κ1) is 12.6. The average molecular weight is 237 g/mol. The van der Waals surface area contributed by atoms with Crippen LogP contribution in [0.2, 0.25) is 0 Å². The zero-order chi connectivity index (χ0) is 12.1. The Bertz CT molecular complexity index is 302. The molecule has 0 aromatic carbocycles. The van der Waals surface area contributed by atoms with Crippen molar-refractivity contribution in [3.05, 3.63) is 18.2 Å². The monoisotopic (exact) mass is 237 g/mol. The Morgan fingerprint density at radius 3 is 2.82 bits per heavy atom. The third kappa shape index (κ3) is 4.13. The standard InChI is InChI=1S/C13H23N3O/c1-10-8-12(9-11(2)17-10)14-5-3-4-13-15-6-7-16-13/h6-7,10-12,14H,3-5,8-9H2,1-2H3,(H,15,16). The van der Waals surface area contributed by atoms with Gasteiger partial charge in [0, 0.05) is 24.9 Å². The molecule has 4 heteroatoms. The molecule has 0 bridgehead atoms. The Hall–Kier alpha value is -0.870. The molecule has 1 aliphatic heterocycles. The van der Waals surface area contributed by atoms with Crippen molar-refractivity contribution in [2.45, 2.75) is 57.8 Å². The number of nitrogens with zero attached hydrogens (tertiary/aromatic N) is 1. The van der Waals surface area contributed by atoms with Crippen molar-refractivity contribution >= 4 is 0 Å². The maximum absolute atomic E-state index is 5.73. The molecule has 1 aromatic rings. The van der Waals surface area contributed by atoms with Crippen molar-refractivity contribution in [1.29, 1.82) is 0 Å². The summed E-state index contributed by atoms with van der Waals surface area (Å²) in [5.41, 5.74) is 0. The van der Waals surface area contributed by atoms with Gasteiger partial charge in [0.25, 0.3) is 0 Å². The van der Waals surface area contributed by atoms with Crippen LogP contribution in [0.15, 0.2) is 12.4 Å². The van der Waals surface area contributed by atoms with Gasteiger partial charge >= 0.3 is 0 Å². The molecule has 0 radical (unpaired) electrons. The minimum atomic E-state index is 0.390. The molecule has 0 spiro atoms. The topological polar surface area (TPSA) is 49.9 Å². The highest BCUT2D eigenvalue weighted by atomic mass is 16.5. The van der Waals surface area contributed by atoms with E-state index in [1.165, 1.54) is 0 Å². The fraction of sp³-hybridized carbons (Fsp3) is 0.769. The number of imidazole rings is 1. The molecule has 2 rings (SSSR count). The Labute approximate surface area is 103 Å². The molecule has 1 fully saturated rings. The summed E-state index contributed by atoms with van der Waals surface area (Å²) in [5.74, 6) is 1.08. The van der Waals surface area contributed by atoms with Gasteiger partial charge in [0.05, 0.1) is 12.2 Å². The molecule has 1 aliphatic rings. The molecule has 2 unspecified atom stereocenters. The zero-order valence-electron chi connectivity index (χ0n) is 10.8. The summed E-state index contributed by atoms with van der Waals surface area (Å²) in [6, 6.07) is 0.616. The predicted molar refractivity (Wildman–Crippen MR) is 67.9 cm³/mol. The molecule has 4 nitrogen and oxygen atoms in total. The third-order valence-corrected chi connectivity index (χ3v) is 3.28. The second kappa shape index (κ2) is 6.17. The Morgan fingerprint density at radius 2 is 2.18 bits per heavy atom. The number of ether oxygens (including phenoxy) is 1. The molecule has 1 aromatic heterocycles. The van der Waals surface area contributed by atoms with E-state index in [4.69, 9.17) is 4.74 Å². The minimum Gasteiger partial charge on any atom is -0.375 e. The molecule has 0 saturated carbocycles. The second-order valence-electron chi connectivity index (χ2n) is 5.02. The fourth-order valence-corrected chi connectivity index (χ4v) is 2.57. The van der Waals surface area contributed by atoms with Gasteiger partial charge in [0.1, 0.15) is 5.82 Å². The third-order valence-electron chi connectivity index (χ3n) is 3.28. The van der Waals surface area contributed by atoms with Gasteiger partial charge in [-0.15, -0.1) is 0 Å². The Balaban J connectivity index is 1.61. The predicted octanol–water partition coefficient (Wildman–Crippen LogP) is 1.89. The van der Waals surface area contributed by atoms with Crippen LogP contribution >= 0.6 is 0 Å². The van der Waals surface area contributed by atoms with Gasteiger partial charge in [-0.25, -0.2) is 4.98 Å². The van der Waals surface area contributed by atoms with E-state index in [1.807, 2.05) is 12.4 Å². The van der Waals surface area contributed by atoms with Gasteiger partial charge < -0.3 is 15.0 Å². The summed E-state index contributed by atoms with van der Waals surface area (Å²) in [4.78, 5) is 7.35. The van der Waals surface area contributed by atoms with Crippen LogP contribution in [0.1, 0.15) is 38.9 Å². The summed E-state index contributed by atoms with van der Waals surface area (Å²) >= 11 is 0. The van der Waals surface area contributed by atoms with Gasteiger partial charge in [-0.3, -0.25) is 0 Å². The van der Waals surface area contributed by atoms with Gasteiger partial charge in [0.2, 0.25) is 0 Å². The molecular formula is C13H23N3O. The van der Waals surface area contributed by atoms with Crippen molar-refractivity contribution in [1.82, 2.24) is 15.3 Å². The molecule has 0 aliphatic carbocycles. The number of rotatable bonds is 5. The lowest BCUT2D eigenvalue weighted by Gasteiger charge is -2.32. The first-order valence-electron chi connectivity index (χ1n) is 6.61. The number of hydrogen-bond acceptors (Lipinski definition) is 3. The molecule has 2 N–H and O–H groups in total. The molecule has 2 atom stereocenters. The molecule has 2 heterocycles. The number of aromatic amines is 1. The van der Waals surface area contributed by atoms with E-state index >= 15 is 0 Å². The van der Waals surface area contributed by atoms with E-state index in [1.54, 1.807) is 0 Å². The summed E-state index contributed by atoms with van der Waals surface area (Å²) in [5, 5.41) is 3.62. The van der Waals surface area contributed by atoms with Gasteiger partial charge in [0.15, 0.2) is 0 Å². The van der Waals surface area contributed by atoms with Crippen LogP contribution in [0, 0.1) is 0 Å². The van der Waals surface area contributed by atoms with Crippen LogP contribution in [0.25, 0.3) is 0 Å². The number of H-pyrrole nitrogens is 1. The van der Waals surface area contributed by atoms with Gasteiger partial charge in [-0.1, -0.05) is 0 Å². The van der Waals surface area contributed by atoms with E-state index in [-0.39, 0.29) is 0 Å². The van der Waals surface area contributed by atoms with E-state index < -0.39 is 0 Å². The quantitative estimate of drug-likeness (QED) is 0.769. The zero-order valence-corrected chi connectivity index (χ0v) is 10.8. The summed E-state index contributed by atoms with van der Waals surface area (Å²) in [7, 11) is 0. The molecular weight excluding hydrogens is 214 g/mol. The molecule has 1 saturated heterocycles. The van der Waals surface area contributed by atoms with Crippen molar-refractivity contribution in [2.75, 3.05) is 6.54 Å². The van der Waals surface area contributed by atoms with Crippen LogP contribution in [-0.4, -0.2) is 34.8 Å². The first-order valence-corrected chi connectivity index (χ1v) is 6.61. The molecule has 0 amide bonds. The summed E-state index contributed by atoms with van der Waals surface area (Å²) < 4.78 is 5.73. The highest BCUT2D eigenvalue weighted by molar-refractivity contribution is 4.87. The Morgan fingerprint density at radius 1 is 1.41 bits per heavy atom. The maximum atomic E-state index is 5.73. The SMILES string of the molecule is CC1CC(NCCCc2ncc[nH]2)CC(C)O1. The highest BCUT2D eigenvalue weighted by Gasteiger charge is 2.23. The van der Waals surface area contributed by atoms with Crippen LogP contribution in [0.3, 0.4) is 0 Å². The van der Waals surface area contributed by atoms with Crippen LogP contribution in [-0.2, 0) is 11.2 Å². The minimum absolute atomic E-state index is 0.390. The number of nitrogens with one attached hydrogen (secondary N) is 2. The van der Waals surface area contributed by atoms with Gasteiger partial charge in [-0.05, 0) is 39.7 Å². The Kier molecular flexibility index (Phi) is 4.57. The lowest BCUT2D eigenvalue weighted by molar-refractivity contribution is -0.0419. The largest absolute Gasteiger partial charge is 0.375 e. The van der Waals surface area contributed by atoms with Gasteiger partial charge in [-0.2, -0.15) is 0 Å². The van der Waals surface area contributed by atoms with Crippen molar-refractivity contribution in [3.63, 3.8) is 0 Å². The van der Waals surface area contributed by atoms with Crippen molar-refractivity contribution in [2.24, 2.45) is 0 Å². The van der Waals surface area contributed by atoms with Crippen LogP contribution in [0.4, 0.5) is 0 Å². The molecule has 96 valence electrons.